The van der Waals surface area contributed by atoms with Crippen LogP contribution in [0.1, 0.15) is 37.0 Å². The molecule has 1 unspecified atom stereocenters. The number of pyridine rings is 1. The summed E-state index contributed by atoms with van der Waals surface area (Å²) in [4.78, 5) is 16.4. The number of hydrogen-bond donors (Lipinski definition) is 2. The van der Waals surface area contributed by atoms with Crippen molar-refractivity contribution in [2.45, 2.75) is 32.2 Å². The minimum Gasteiger partial charge on any atom is -0.379 e. The largest absolute Gasteiger partial charge is 0.379 e. The first-order valence-corrected chi connectivity index (χ1v) is 6.73. The van der Waals surface area contributed by atoms with E-state index in [1.54, 1.807) is 18.3 Å². The monoisotopic (exact) mass is 263 g/mol. The summed E-state index contributed by atoms with van der Waals surface area (Å²) in [6, 6.07) is 3.50. The molecule has 1 aliphatic heterocycles. The molecule has 1 amide bonds. The highest BCUT2D eigenvalue weighted by molar-refractivity contribution is 5.95. The van der Waals surface area contributed by atoms with E-state index in [0.717, 1.165) is 31.8 Å². The zero-order valence-electron chi connectivity index (χ0n) is 11.5. The second-order valence-electron chi connectivity index (χ2n) is 5.13. The van der Waals surface area contributed by atoms with Crippen molar-refractivity contribution in [3.63, 3.8) is 0 Å². The third-order valence-corrected chi connectivity index (χ3v) is 3.23. The fourth-order valence-corrected chi connectivity index (χ4v) is 2.23. The summed E-state index contributed by atoms with van der Waals surface area (Å²) in [6.45, 7) is 6.16. The molecule has 0 bridgehead atoms. The van der Waals surface area contributed by atoms with Crippen molar-refractivity contribution in [3.8, 4) is 0 Å². The number of rotatable bonds is 4. The Hall–Kier alpha value is -1.62. The molecule has 19 heavy (non-hydrogen) atoms. The molecule has 2 heterocycles. The van der Waals surface area contributed by atoms with Crippen LogP contribution in [-0.4, -0.2) is 36.2 Å². The number of carbonyl (C=O) groups is 1. The highest BCUT2D eigenvalue weighted by Gasteiger charge is 2.29. The molecule has 0 radical (unpaired) electrons. The highest BCUT2D eigenvalue weighted by atomic mass is 16.5. The van der Waals surface area contributed by atoms with E-state index in [1.165, 1.54) is 0 Å². The quantitative estimate of drug-likeness (QED) is 0.869. The van der Waals surface area contributed by atoms with Gasteiger partial charge in [0.25, 0.3) is 5.91 Å². The van der Waals surface area contributed by atoms with Gasteiger partial charge < -0.3 is 15.4 Å². The molecular weight excluding hydrogens is 242 g/mol. The van der Waals surface area contributed by atoms with Crippen molar-refractivity contribution in [1.82, 2.24) is 10.3 Å². The van der Waals surface area contributed by atoms with Crippen molar-refractivity contribution in [3.05, 3.63) is 23.9 Å². The smallest absolute Gasteiger partial charge is 0.251 e. The van der Waals surface area contributed by atoms with Gasteiger partial charge in [-0.3, -0.25) is 4.79 Å². The lowest BCUT2D eigenvalue weighted by Crippen LogP contribution is -2.51. The molecule has 0 spiro atoms. The lowest BCUT2D eigenvalue weighted by molar-refractivity contribution is 0.0272. The van der Waals surface area contributed by atoms with Crippen molar-refractivity contribution < 1.29 is 9.53 Å². The molecular formula is C14H21N3O2. The third kappa shape index (κ3) is 3.67. The summed E-state index contributed by atoms with van der Waals surface area (Å²) in [7, 11) is 0. The Morgan fingerprint density at radius 1 is 1.58 bits per heavy atom. The van der Waals surface area contributed by atoms with E-state index in [1.807, 2.05) is 13.8 Å². The van der Waals surface area contributed by atoms with E-state index in [4.69, 9.17) is 4.74 Å². The molecule has 1 fully saturated rings. The first-order chi connectivity index (χ1) is 9.13. The molecule has 5 heteroatoms. The molecule has 1 atom stereocenters. The predicted octanol–water partition coefficient (Wildman–Crippen LogP) is 1.81. The van der Waals surface area contributed by atoms with Gasteiger partial charge in [0.15, 0.2) is 0 Å². The van der Waals surface area contributed by atoms with Gasteiger partial charge in [-0.25, -0.2) is 4.98 Å². The minimum atomic E-state index is -0.267. The maximum atomic E-state index is 12.3. The summed E-state index contributed by atoms with van der Waals surface area (Å²) < 4.78 is 5.44. The van der Waals surface area contributed by atoms with Gasteiger partial charge in [-0.15, -0.1) is 0 Å². The van der Waals surface area contributed by atoms with Crippen molar-refractivity contribution >= 4 is 11.7 Å². The Bertz CT molecular complexity index is 442. The number of aromatic nitrogens is 1. The summed E-state index contributed by atoms with van der Waals surface area (Å²) in [5.41, 5.74) is 0.356. The lowest BCUT2D eigenvalue weighted by Gasteiger charge is -2.34. The first-order valence-electron chi connectivity index (χ1n) is 6.73. The van der Waals surface area contributed by atoms with Crippen LogP contribution in [0.2, 0.25) is 0 Å². The first kappa shape index (κ1) is 13.8. The normalized spacial score (nSPS) is 22.8. The summed E-state index contributed by atoms with van der Waals surface area (Å²) in [5, 5.41) is 6.16. The Morgan fingerprint density at radius 2 is 2.42 bits per heavy atom. The van der Waals surface area contributed by atoms with E-state index >= 15 is 0 Å². The number of ether oxygens (including phenoxy) is 1. The van der Waals surface area contributed by atoms with Crippen LogP contribution in [0.25, 0.3) is 0 Å². The summed E-state index contributed by atoms with van der Waals surface area (Å²) in [5.74, 6) is 0.648. The van der Waals surface area contributed by atoms with Crippen LogP contribution in [0.5, 0.6) is 0 Å². The molecule has 1 saturated heterocycles. The minimum absolute atomic E-state index is 0.0745. The second-order valence-corrected chi connectivity index (χ2v) is 5.13. The highest BCUT2D eigenvalue weighted by Crippen LogP contribution is 2.19. The van der Waals surface area contributed by atoms with Crippen molar-refractivity contribution in [1.29, 1.82) is 0 Å². The van der Waals surface area contributed by atoms with E-state index in [0.29, 0.717) is 12.2 Å². The average Bonchev–Trinajstić information content (AvgIpc) is 2.40. The average molecular weight is 263 g/mol. The second kappa shape index (κ2) is 6.02. The van der Waals surface area contributed by atoms with Gasteiger partial charge in [-0.1, -0.05) is 0 Å². The molecule has 0 saturated carbocycles. The van der Waals surface area contributed by atoms with Crippen LogP contribution >= 0.6 is 0 Å². The van der Waals surface area contributed by atoms with Gasteiger partial charge in [-0.2, -0.15) is 0 Å². The van der Waals surface area contributed by atoms with E-state index < -0.39 is 0 Å². The fraction of sp³-hybridized carbons (Fsp3) is 0.571. The Labute approximate surface area is 113 Å². The van der Waals surface area contributed by atoms with Crippen molar-refractivity contribution in [2.24, 2.45) is 0 Å². The van der Waals surface area contributed by atoms with Gasteiger partial charge >= 0.3 is 0 Å². The van der Waals surface area contributed by atoms with Crippen LogP contribution in [0.4, 0.5) is 5.82 Å². The molecule has 2 rings (SSSR count). The number of hydrogen-bond acceptors (Lipinski definition) is 4. The number of nitrogens with one attached hydrogen (secondary N) is 2. The maximum Gasteiger partial charge on any atom is 0.251 e. The lowest BCUT2D eigenvalue weighted by atomic mass is 9.94. The number of carbonyl (C=O) groups excluding carboxylic acids is 1. The standard InChI is InChI=1S/C14H21N3O2/c1-3-15-12-9-11(5-7-16-12)13(18)17-14(2)6-4-8-19-10-14/h5,7,9H,3-4,6,8,10H2,1-2H3,(H,15,16)(H,17,18). The van der Waals surface area contributed by atoms with E-state index in [-0.39, 0.29) is 11.4 Å². The molecule has 5 nitrogen and oxygen atoms in total. The molecule has 0 aliphatic carbocycles. The topological polar surface area (TPSA) is 63.2 Å². The fourth-order valence-electron chi connectivity index (χ4n) is 2.23. The Kier molecular flexibility index (Phi) is 4.37. The van der Waals surface area contributed by atoms with E-state index in [9.17, 15) is 4.79 Å². The van der Waals surface area contributed by atoms with Crippen LogP contribution in [-0.2, 0) is 4.74 Å². The SMILES string of the molecule is CCNc1cc(C(=O)NC2(C)CCCOC2)ccn1. The Morgan fingerprint density at radius 3 is 3.11 bits per heavy atom. The zero-order valence-corrected chi connectivity index (χ0v) is 11.5. The number of nitrogens with zero attached hydrogens (tertiary/aromatic N) is 1. The molecule has 1 aromatic heterocycles. The van der Waals surface area contributed by atoms with Gasteiger partial charge in [0.05, 0.1) is 12.1 Å². The maximum absolute atomic E-state index is 12.3. The van der Waals surface area contributed by atoms with Crippen LogP contribution in [0.15, 0.2) is 18.3 Å². The van der Waals surface area contributed by atoms with Gasteiger partial charge in [0.1, 0.15) is 5.82 Å². The summed E-state index contributed by atoms with van der Waals surface area (Å²) in [6.07, 6.45) is 3.58. The van der Waals surface area contributed by atoms with Crippen LogP contribution < -0.4 is 10.6 Å². The van der Waals surface area contributed by atoms with Crippen LogP contribution in [0.3, 0.4) is 0 Å². The number of amides is 1. The third-order valence-electron chi connectivity index (χ3n) is 3.23. The summed E-state index contributed by atoms with van der Waals surface area (Å²) >= 11 is 0. The van der Waals surface area contributed by atoms with E-state index in [2.05, 4.69) is 15.6 Å². The van der Waals surface area contributed by atoms with Crippen LogP contribution in [0, 0.1) is 0 Å². The predicted molar refractivity (Wildman–Crippen MR) is 74.3 cm³/mol. The van der Waals surface area contributed by atoms with Gasteiger partial charge in [-0.05, 0) is 38.8 Å². The molecule has 1 aliphatic rings. The number of anilines is 1. The molecule has 1 aromatic rings. The molecule has 2 N–H and O–H groups in total. The zero-order chi connectivity index (χ0) is 13.7. The van der Waals surface area contributed by atoms with Gasteiger partial charge in [0, 0.05) is 24.9 Å². The Balaban J connectivity index is 2.04. The molecule has 0 aromatic carbocycles. The molecule has 104 valence electrons. The van der Waals surface area contributed by atoms with Crippen molar-refractivity contribution in [2.75, 3.05) is 25.1 Å². The van der Waals surface area contributed by atoms with Gasteiger partial charge in [0.2, 0.25) is 0 Å².